The maximum Gasteiger partial charge on any atom is 0.265 e. The van der Waals surface area contributed by atoms with Crippen molar-refractivity contribution >= 4 is 11.6 Å². The zero-order chi connectivity index (χ0) is 10.2. The topological polar surface area (TPSA) is 49.3 Å². The lowest BCUT2D eigenvalue weighted by Crippen LogP contribution is -2.31. The van der Waals surface area contributed by atoms with Crippen molar-refractivity contribution in [2.75, 3.05) is 5.32 Å². The van der Waals surface area contributed by atoms with Gasteiger partial charge in [-0.1, -0.05) is 24.8 Å². The monoisotopic (exact) mass is 187 g/mol. The third-order valence-corrected chi connectivity index (χ3v) is 2.24. The van der Waals surface area contributed by atoms with Gasteiger partial charge in [-0.05, 0) is 6.07 Å². The van der Waals surface area contributed by atoms with Crippen LogP contribution in [0.3, 0.4) is 0 Å². The molecule has 1 unspecified atom stereocenters. The van der Waals surface area contributed by atoms with Crippen LogP contribution in [0.2, 0.25) is 0 Å². The molecular weight excluding hydrogens is 178 g/mol. The SMILES string of the molecule is C=C=CC1(O)C(=O)Nc2ccccc21. The summed E-state index contributed by atoms with van der Waals surface area (Å²) in [6.45, 7) is 3.36. The number of benzene rings is 1. The smallest absolute Gasteiger partial charge is 0.265 e. The molecule has 1 heterocycles. The summed E-state index contributed by atoms with van der Waals surface area (Å²) in [6.07, 6.45) is 1.26. The lowest BCUT2D eigenvalue weighted by atomic mass is 9.95. The molecule has 0 radical (unpaired) electrons. The van der Waals surface area contributed by atoms with Gasteiger partial charge in [0.2, 0.25) is 0 Å². The summed E-state index contributed by atoms with van der Waals surface area (Å²) in [6, 6.07) is 6.99. The molecule has 3 nitrogen and oxygen atoms in total. The summed E-state index contributed by atoms with van der Waals surface area (Å²) < 4.78 is 0. The third kappa shape index (κ3) is 1.01. The van der Waals surface area contributed by atoms with E-state index in [-0.39, 0.29) is 0 Å². The Labute approximate surface area is 81.4 Å². The van der Waals surface area contributed by atoms with Crippen LogP contribution in [0.4, 0.5) is 5.69 Å². The number of hydrogen-bond acceptors (Lipinski definition) is 2. The molecular formula is C11H9NO2. The van der Waals surface area contributed by atoms with Crippen molar-refractivity contribution in [3.8, 4) is 0 Å². The summed E-state index contributed by atoms with van der Waals surface area (Å²) in [4.78, 5) is 11.5. The van der Waals surface area contributed by atoms with Gasteiger partial charge in [0.15, 0.2) is 5.60 Å². The van der Waals surface area contributed by atoms with E-state index in [0.29, 0.717) is 11.3 Å². The Balaban J connectivity index is 2.65. The normalized spacial score (nSPS) is 23.6. The highest BCUT2D eigenvalue weighted by Gasteiger charge is 2.42. The first-order valence-electron chi connectivity index (χ1n) is 4.19. The Hall–Kier alpha value is -1.83. The predicted molar refractivity (Wildman–Crippen MR) is 52.7 cm³/mol. The molecule has 0 spiro atoms. The molecule has 1 amide bonds. The van der Waals surface area contributed by atoms with Crippen LogP contribution in [0.15, 0.2) is 42.7 Å². The molecule has 14 heavy (non-hydrogen) atoms. The van der Waals surface area contributed by atoms with Crippen molar-refractivity contribution in [3.63, 3.8) is 0 Å². The van der Waals surface area contributed by atoms with E-state index in [4.69, 9.17) is 0 Å². The minimum atomic E-state index is -1.61. The zero-order valence-electron chi connectivity index (χ0n) is 7.45. The molecule has 0 aliphatic carbocycles. The maximum absolute atomic E-state index is 11.5. The molecule has 1 atom stereocenters. The Morgan fingerprint density at radius 3 is 2.93 bits per heavy atom. The summed E-state index contributed by atoms with van der Waals surface area (Å²) in [5.74, 6) is -0.463. The fourth-order valence-corrected chi connectivity index (χ4v) is 1.56. The molecule has 0 saturated heterocycles. The number of amides is 1. The van der Waals surface area contributed by atoms with E-state index in [1.165, 1.54) is 6.08 Å². The summed E-state index contributed by atoms with van der Waals surface area (Å²) in [5, 5.41) is 12.6. The fraction of sp³-hybridized carbons (Fsp3) is 0.0909. The molecule has 3 heteroatoms. The van der Waals surface area contributed by atoms with Crippen LogP contribution in [0.1, 0.15) is 5.56 Å². The number of hydrogen-bond donors (Lipinski definition) is 2. The van der Waals surface area contributed by atoms with Crippen molar-refractivity contribution in [2.45, 2.75) is 5.60 Å². The number of carbonyl (C=O) groups excluding carboxylic acids is 1. The maximum atomic E-state index is 11.5. The van der Waals surface area contributed by atoms with Crippen molar-refractivity contribution in [1.29, 1.82) is 0 Å². The lowest BCUT2D eigenvalue weighted by molar-refractivity contribution is -0.129. The Morgan fingerprint density at radius 1 is 1.50 bits per heavy atom. The third-order valence-electron chi connectivity index (χ3n) is 2.24. The van der Waals surface area contributed by atoms with Gasteiger partial charge in [-0.25, -0.2) is 0 Å². The number of carbonyl (C=O) groups is 1. The summed E-state index contributed by atoms with van der Waals surface area (Å²) >= 11 is 0. The Morgan fingerprint density at radius 2 is 2.21 bits per heavy atom. The summed E-state index contributed by atoms with van der Waals surface area (Å²) in [5.41, 5.74) is 2.00. The van der Waals surface area contributed by atoms with Gasteiger partial charge in [0.05, 0.1) is 0 Å². The first-order valence-corrected chi connectivity index (χ1v) is 4.19. The first kappa shape index (κ1) is 8.75. The van der Waals surface area contributed by atoms with Crippen molar-refractivity contribution in [2.24, 2.45) is 0 Å². The molecule has 0 fully saturated rings. The van der Waals surface area contributed by atoms with Gasteiger partial charge in [-0.3, -0.25) is 4.79 Å². The second-order valence-corrected chi connectivity index (χ2v) is 3.11. The molecule has 0 aromatic heterocycles. The number of aliphatic hydroxyl groups is 1. The van der Waals surface area contributed by atoms with Crippen LogP contribution in [0.25, 0.3) is 0 Å². The number of nitrogens with one attached hydrogen (secondary N) is 1. The Bertz CT molecular complexity index is 446. The van der Waals surface area contributed by atoms with Gasteiger partial charge in [0, 0.05) is 17.3 Å². The van der Waals surface area contributed by atoms with Gasteiger partial charge in [0.1, 0.15) is 0 Å². The number of fused-ring (bicyclic) bond motifs is 1. The van der Waals surface area contributed by atoms with Gasteiger partial charge < -0.3 is 10.4 Å². The van der Waals surface area contributed by atoms with Crippen LogP contribution in [-0.2, 0) is 10.4 Å². The molecule has 1 aromatic rings. The average Bonchev–Trinajstić information content (AvgIpc) is 2.41. The highest BCUT2D eigenvalue weighted by atomic mass is 16.3. The van der Waals surface area contributed by atoms with E-state index in [2.05, 4.69) is 17.6 Å². The minimum Gasteiger partial charge on any atom is -0.372 e. The molecule has 1 aliphatic heterocycles. The quantitative estimate of drug-likeness (QED) is 0.648. The van der Waals surface area contributed by atoms with Crippen LogP contribution < -0.4 is 5.32 Å². The second-order valence-electron chi connectivity index (χ2n) is 3.11. The highest BCUT2D eigenvalue weighted by Crippen LogP contribution is 2.36. The number of anilines is 1. The van der Waals surface area contributed by atoms with Crippen molar-refractivity contribution in [3.05, 3.63) is 48.2 Å². The standard InChI is InChI=1S/C11H9NO2/c1-2-7-11(14)8-5-3-4-6-9(8)12-10(11)13/h3-7,14H,1H2,(H,12,13). The van der Waals surface area contributed by atoms with Crippen molar-refractivity contribution in [1.82, 2.24) is 0 Å². The molecule has 0 saturated carbocycles. The minimum absolute atomic E-state index is 0.463. The number of para-hydroxylation sites is 1. The van der Waals surface area contributed by atoms with E-state index >= 15 is 0 Å². The van der Waals surface area contributed by atoms with Crippen LogP contribution in [0.5, 0.6) is 0 Å². The summed E-state index contributed by atoms with van der Waals surface area (Å²) in [7, 11) is 0. The zero-order valence-corrected chi connectivity index (χ0v) is 7.45. The lowest BCUT2D eigenvalue weighted by Gasteiger charge is -2.13. The van der Waals surface area contributed by atoms with Crippen molar-refractivity contribution < 1.29 is 9.90 Å². The molecule has 70 valence electrons. The Kier molecular flexibility index (Phi) is 1.78. The predicted octanol–water partition coefficient (Wildman–Crippen LogP) is 1.17. The molecule has 1 aromatic carbocycles. The first-order chi connectivity index (χ1) is 6.68. The van der Waals surface area contributed by atoms with Gasteiger partial charge in [-0.2, -0.15) is 0 Å². The van der Waals surface area contributed by atoms with E-state index < -0.39 is 11.5 Å². The number of rotatable bonds is 1. The molecule has 0 bridgehead atoms. The fourth-order valence-electron chi connectivity index (χ4n) is 1.56. The van der Waals surface area contributed by atoms with Gasteiger partial charge in [0.25, 0.3) is 5.91 Å². The van der Waals surface area contributed by atoms with Crippen LogP contribution in [0, 0.1) is 0 Å². The highest BCUT2D eigenvalue weighted by molar-refractivity contribution is 6.06. The van der Waals surface area contributed by atoms with E-state index in [1.54, 1.807) is 24.3 Å². The molecule has 2 N–H and O–H groups in total. The van der Waals surface area contributed by atoms with Crippen LogP contribution >= 0.6 is 0 Å². The largest absolute Gasteiger partial charge is 0.372 e. The van der Waals surface area contributed by atoms with Crippen LogP contribution in [-0.4, -0.2) is 11.0 Å². The average molecular weight is 187 g/mol. The van der Waals surface area contributed by atoms with Gasteiger partial charge >= 0.3 is 0 Å². The van der Waals surface area contributed by atoms with Gasteiger partial charge in [-0.15, -0.1) is 5.73 Å². The van der Waals surface area contributed by atoms with E-state index in [9.17, 15) is 9.90 Å². The van der Waals surface area contributed by atoms with E-state index in [1.807, 2.05) is 0 Å². The molecule has 2 rings (SSSR count). The molecule has 1 aliphatic rings. The second kappa shape index (κ2) is 2.84. The van der Waals surface area contributed by atoms with E-state index in [0.717, 1.165) is 0 Å².